The van der Waals surface area contributed by atoms with Crippen LogP contribution >= 0.6 is 35.6 Å². The van der Waals surface area contributed by atoms with Crippen LogP contribution in [-0.2, 0) is 13.0 Å². The number of carbonyl (C=O) groups is 1. The van der Waals surface area contributed by atoms with Crippen molar-refractivity contribution in [2.45, 2.75) is 24.8 Å². The summed E-state index contributed by atoms with van der Waals surface area (Å²) in [7, 11) is 0. The highest BCUT2D eigenvalue weighted by molar-refractivity contribution is 7.80. The lowest BCUT2D eigenvalue weighted by atomic mass is 10.2. The standard InChI is InChI=1S/C14H14ClNOS2/c1-2-9-5-6-19-13(9)8-16-14(17)11-7-10(18)3-4-12(11)15/h3-7,18H,2,8H2,1H3,(H,16,17). The summed E-state index contributed by atoms with van der Waals surface area (Å²) in [6.45, 7) is 2.64. The molecule has 1 heterocycles. The minimum absolute atomic E-state index is 0.170. The molecule has 100 valence electrons. The van der Waals surface area contributed by atoms with Gasteiger partial charge in [0.05, 0.1) is 17.1 Å². The van der Waals surface area contributed by atoms with Crippen molar-refractivity contribution in [3.05, 3.63) is 50.7 Å². The maximum atomic E-state index is 12.1. The van der Waals surface area contributed by atoms with Crippen LogP contribution in [0.4, 0.5) is 0 Å². The second-order valence-electron chi connectivity index (χ2n) is 4.07. The quantitative estimate of drug-likeness (QED) is 0.815. The first-order chi connectivity index (χ1) is 9.11. The molecule has 1 aromatic carbocycles. The Hall–Kier alpha value is -0.970. The van der Waals surface area contributed by atoms with E-state index in [0.717, 1.165) is 11.3 Å². The summed E-state index contributed by atoms with van der Waals surface area (Å²) in [5.74, 6) is -0.170. The average Bonchev–Trinajstić information content (AvgIpc) is 2.86. The molecule has 0 saturated carbocycles. The van der Waals surface area contributed by atoms with E-state index in [0.29, 0.717) is 17.1 Å². The van der Waals surface area contributed by atoms with E-state index < -0.39 is 0 Å². The summed E-state index contributed by atoms with van der Waals surface area (Å²) in [6, 6.07) is 7.21. The van der Waals surface area contributed by atoms with Crippen molar-refractivity contribution in [1.29, 1.82) is 0 Å². The minimum Gasteiger partial charge on any atom is -0.347 e. The third-order valence-electron chi connectivity index (χ3n) is 2.82. The number of hydrogen-bond acceptors (Lipinski definition) is 3. The molecule has 0 radical (unpaired) electrons. The van der Waals surface area contributed by atoms with Crippen LogP contribution in [0, 0.1) is 0 Å². The van der Waals surface area contributed by atoms with Gasteiger partial charge in [0, 0.05) is 9.77 Å². The Bertz CT molecular complexity index is 595. The lowest BCUT2D eigenvalue weighted by Gasteiger charge is -2.07. The van der Waals surface area contributed by atoms with Gasteiger partial charge in [-0.25, -0.2) is 0 Å². The number of thiophene rings is 1. The summed E-state index contributed by atoms with van der Waals surface area (Å²) in [4.78, 5) is 14.0. The van der Waals surface area contributed by atoms with Crippen LogP contribution in [-0.4, -0.2) is 5.91 Å². The number of hydrogen-bond donors (Lipinski definition) is 2. The maximum Gasteiger partial charge on any atom is 0.253 e. The zero-order chi connectivity index (χ0) is 13.8. The van der Waals surface area contributed by atoms with Gasteiger partial charge in [0.1, 0.15) is 0 Å². The zero-order valence-electron chi connectivity index (χ0n) is 10.4. The Morgan fingerprint density at radius 3 is 2.95 bits per heavy atom. The van der Waals surface area contributed by atoms with Crippen molar-refractivity contribution in [2.24, 2.45) is 0 Å². The fourth-order valence-corrected chi connectivity index (χ4v) is 3.10. The molecule has 2 aromatic rings. The maximum absolute atomic E-state index is 12.1. The number of aryl methyl sites for hydroxylation is 1. The number of rotatable bonds is 4. The highest BCUT2D eigenvalue weighted by Crippen LogP contribution is 2.21. The van der Waals surface area contributed by atoms with E-state index in [-0.39, 0.29) is 5.91 Å². The number of amides is 1. The Labute approximate surface area is 127 Å². The smallest absolute Gasteiger partial charge is 0.253 e. The summed E-state index contributed by atoms with van der Waals surface area (Å²) < 4.78 is 0. The molecule has 1 N–H and O–H groups in total. The zero-order valence-corrected chi connectivity index (χ0v) is 12.9. The highest BCUT2D eigenvalue weighted by Gasteiger charge is 2.11. The number of benzene rings is 1. The Balaban J connectivity index is 2.07. The third kappa shape index (κ3) is 3.53. The fourth-order valence-electron chi connectivity index (χ4n) is 1.78. The molecule has 1 aromatic heterocycles. The average molecular weight is 312 g/mol. The fraction of sp³-hybridized carbons (Fsp3) is 0.214. The molecular weight excluding hydrogens is 298 g/mol. The summed E-state index contributed by atoms with van der Waals surface area (Å²) >= 11 is 11.9. The molecule has 0 aliphatic carbocycles. The van der Waals surface area contributed by atoms with E-state index in [2.05, 4.69) is 30.9 Å². The first-order valence-corrected chi connectivity index (χ1v) is 7.64. The van der Waals surface area contributed by atoms with Crippen molar-refractivity contribution in [3.8, 4) is 0 Å². The van der Waals surface area contributed by atoms with Crippen LogP contribution in [0.3, 0.4) is 0 Å². The molecule has 2 nitrogen and oxygen atoms in total. The number of halogens is 1. The van der Waals surface area contributed by atoms with E-state index in [1.54, 1.807) is 29.5 Å². The molecule has 0 unspecified atom stereocenters. The van der Waals surface area contributed by atoms with Crippen LogP contribution in [0.15, 0.2) is 34.5 Å². The SMILES string of the molecule is CCc1ccsc1CNC(=O)c1cc(S)ccc1Cl. The van der Waals surface area contributed by atoms with Gasteiger partial charge in [-0.1, -0.05) is 18.5 Å². The molecule has 0 fully saturated rings. The molecule has 0 saturated heterocycles. The van der Waals surface area contributed by atoms with Gasteiger partial charge in [0.25, 0.3) is 5.91 Å². The van der Waals surface area contributed by atoms with Crippen LogP contribution in [0.25, 0.3) is 0 Å². The van der Waals surface area contributed by atoms with Gasteiger partial charge >= 0.3 is 0 Å². The molecule has 1 amide bonds. The van der Waals surface area contributed by atoms with Gasteiger partial charge in [0.15, 0.2) is 0 Å². The second-order valence-corrected chi connectivity index (χ2v) is 5.99. The van der Waals surface area contributed by atoms with Gasteiger partial charge in [-0.15, -0.1) is 24.0 Å². The van der Waals surface area contributed by atoms with Crippen molar-refractivity contribution in [3.63, 3.8) is 0 Å². The predicted molar refractivity (Wildman–Crippen MR) is 83.6 cm³/mol. The highest BCUT2D eigenvalue weighted by atomic mass is 35.5. The van der Waals surface area contributed by atoms with Gasteiger partial charge < -0.3 is 5.32 Å². The molecule has 0 bridgehead atoms. The van der Waals surface area contributed by atoms with Gasteiger partial charge in [-0.05, 0) is 41.6 Å². The normalized spacial score (nSPS) is 10.5. The number of nitrogens with one attached hydrogen (secondary N) is 1. The minimum atomic E-state index is -0.170. The first kappa shape index (κ1) is 14.4. The lowest BCUT2D eigenvalue weighted by molar-refractivity contribution is 0.0951. The largest absolute Gasteiger partial charge is 0.347 e. The molecule has 0 spiro atoms. The topological polar surface area (TPSA) is 29.1 Å². The van der Waals surface area contributed by atoms with E-state index in [4.69, 9.17) is 11.6 Å². The van der Waals surface area contributed by atoms with Crippen molar-refractivity contribution in [1.82, 2.24) is 5.32 Å². The van der Waals surface area contributed by atoms with E-state index in [9.17, 15) is 4.79 Å². The summed E-state index contributed by atoms with van der Waals surface area (Å²) in [6.07, 6.45) is 0.974. The number of carbonyl (C=O) groups excluding carboxylic acids is 1. The summed E-state index contributed by atoms with van der Waals surface area (Å²) in [5.41, 5.74) is 1.74. The van der Waals surface area contributed by atoms with Crippen molar-refractivity contribution in [2.75, 3.05) is 0 Å². The monoisotopic (exact) mass is 311 g/mol. The van der Waals surface area contributed by atoms with E-state index >= 15 is 0 Å². The molecule has 2 rings (SSSR count). The van der Waals surface area contributed by atoms with Crippen LogP contribution in [0.5, 0.6) is 0 Å². The van der Waals surface area contributed by atoms with Crippen LogP contribution in [0.1, 0.15) is 27.7 Å². The Kier molecular flexibility index (Phi) is 4.91. The third-order valence-corrected chi connectivity index (χ3v) is 4.39. The van der Waals surface area contributed by atoms with Gasteiger partial charge in [-0.3, -0.25) is 4.79 Å². The molecular formula is C14H14ClNOS2. The lowest BCUT2D eigenvalue weighted by Crippen LogP contribution is -2.23. The van der Waals surface area contributed by atoms with Crippen LogP contribution in [0.2, 0.25) is 5.02 Å². The Morgan fingerprint density at radius 1 is 1.42 bits per heavy atom. The summed E-state index contributed by atoms with van der Waals surface area (Å²) in [5, 5.41) is 5.38. The predicted octanol–water partition coefficient (Wildman–Crippen LogP) is 4.18. The van der Waals surface area contributed by atoms with E-state index in [1.807, 2.05) is 5.38 Å². The molecule has 5 heteroatoms. The van der Waals surface area contributed by atoms with Crippen molar-refractivity contribution < 1.29 is 4.79 Å². The van der Waals surface area contributed by atoms with Crippen molar-refractivity contribution >= 4 is 41.5 Å². The molecule has 19 heavy (non-hydrogen) atoms. The molecule has 0 atom stereocenters. The van der Waals surface area contributed by atoms with E-state index in [1.165, 1.54) is 10.4 Å². The van der Waals surface area contributed by atoms with Gasteiger partial charge in [0.2, 0.25) is 0 Å². The number of thiol groups is 1. The molecule has 0 aliphatic heterocycles. The van der Waals surface area contributed by atoms with Crippen LogP contribution < -0.4 is 5.32 Å². The van der Waals surface area contributed by atoms with Gasteiger partial charge in [-0.2, -0.15) is 0 Å². The Morgan fingerprint density at radius 2 is 2.21 bits per heavy atom. The second kappa shape index (κ2) is 6.46. The molecule has 0 aliphatic rings. The first-order valence-electron chi connectivity index (χ1n) is 5.93.